The summed E-state index contributed by atoms with van der Waals surface area (Å²) < 4.78 is 16.4. The van der Waals surface area contributed by atoms with Crippen molar-refractivity contribution in [3.63, 3.8) is 0 Å². The molecule has 30 heavy (non-hydrogen) atoms. The van der Waals surface area contributed by atoms with E-state index in [0.29, 0.717) is 24.9 Å². The minimum absolute atomic E-state index is 0.00332. The van der Waals surface area contributed by atoms with Gasteiger partial charge in [0.25, 0.3) is 0 Å². The average Bonchev–Trinajstić information content (AvgIpc) is 3.54. The quantitative estimate of drug-likeness (QED) is 0.634. The van der Waals surface area contributed by atoms with Gasteiger partial charge in [-0.1, -0.05) is 17.7 Å². The smallest absolute Gasteiger partial charge is 0.321 e. The van der Waals surface area contributed by atoms with Crippen molar-refractivity contribution < 1.29 is 9.18 Å². The van der Waals surface area contributed by atoms with Gasteiger partial charge in [0.05, 0.1) is 10.7 Å². The SMILES string of the molecule is O=C(Nc1cccc(Cl)c1F)N1CCCC(Cn2c(C3CC3)nc3cccnc32)C1. The van der Waals surface area contributed by atoms with Gasteiger partial charge in [0.1, 0.15) is 11.3 Å². The van der Waals surface area contributed by atoms with E-state index in [9.17, 15) is 9.18 Å². The molecule has 1 aromatic carbocycles. The number of imidazole rings is 1. The molecule has 1 N–H and O–H groups in total. The van der Waals surface area contributed by atoms with E-state index in [2.05, 4.69) is 14.9 Å². The molecule has 0 radical (unpaired) electrons. The second-order valence-corrected chi connectivity index (χ2v) is 8.59. The monoisotopic (exact) mass is 427 g/mol. The van der Waals surface area contributed by atoms with Crippen molar-refractivity contribution in [2.45, 2.75) is 38.1 Å². The van der Waals surface area contributed by atoms with Crippen molar-refractivity contribution in [2.24, 2.45) is 5.92 Å². The lowest BCUT2D eigenvalue weighted by molar-refractivity contribution is 0.170. The van der Waals surface area contributed by atoms with Gasteiger partial charge >= 0.3 is 6.03 Å². The largest absolute Gasteiger partial charge is 0.324 e. The van der Waals surface area contributed by atoms with Crippen molar-refractivity contribution in [3.8, 4) is 0 Å². The maximum atomic E-state index is 14.1. The van der Waals surface area contributed by atoms with Gasteiger partial charge < -0.3 is 14.8 Å². The normalized spacial score (nSPS) is 19.3. The van der Waals surface area contributed by atoms with Crippen molar-refractivity contribution >= 4 is 34.5 Å². The van der Waals surface area contributed by atoms with Crippen LogP contribution in [0.3, 0.4) is 0 Å². The number of fused-ring (bicyclic) bond motifs is 1. The van der Waals surface area contributed by atoms with Crippen LogP contribution in [-0.4, -0.2) is 38.6 Å². The van der Waals surface area contributed by atoms with Crippen LogP contribution in [-0.2, 0) is 6.54 Å². The van der Waals surface area contributed by atoms with E-state index in [0.717, 1.165) is 36.4 Å². The van der Waals surface area contributed by atoms with E-state index in [1.807, 2.05) is 12.1 Å². The van der Waals surface area contributed by atoms with E-state index in [1.165, 1.54) is 25.0 Å². The topological polar surface area (TPSA) is 63.1 Å². The summed E-state index contributed by atoms with van der Waals surface area (Å²) in [5.41, 5.74) is 1.96. The molecule has 2 aromatic heterocycles. The Morgan fingerprint density at radius 1 is 1.23 bits per heavy atom. The number of hydrogen-bond donors (Lipinski definition) is 1. The third-order valence-corrected chi connectivity index (χ3v) is 6.21. The number of carbonyl (C=O) groups is 1. The zero-order chi connectivity index (χ0) is 20.7. The molecular formula is C22H23ClFN5O. The fourth-order valence-corrected chi connectivity index (χ4v) is 4.44. The first-order valence-electron chi connectivity index (χ1n) is 10.4. The Labute approximate surface area is 179 Å². The highest BCUT2D eigenvalue weighted by molar-refractivity contribution is 6.31. The number of nitrogens with one attached hydrogen (secondary N) is 1. The average molecular weight is 428 g/mol. The van der Waals surface area contributed by atoms with Crippen LogP contribution in [0.25, 0.3) is 11.2 Å². The number of piperidine rings is 1. The summed E-state index contributed by atoms with van der Waals surface area (Å²) in [7, 11) is 0. The molecule has 1 atom stereocenters. The second kappa shape index (κ2) is 7.87. The third kappa shape index (κ3) is 3.74. The van der Waals surface area contributed by atoms with Crippen LogP contribution in [0.4, 0.5) is 14.9 Å². The first-order valence-corrected chi connectivity index (χ1v) is 10.8. The molecule has 2 fully saturated rings. The van der Waals surface area contributed by atoms with E-state index in [1.54, 1.807) is 17.2 Å². The van der Waals surface area contributed by atoms with Gasteiger partial charge in [-0.2, -0.15) is 0 Å². The van der Waals surface area contributed by atoms with Gasteiger partial charge in [0, 0.05) is 31.7 Å². The summed E-state index contributed by atoms with van der Waals surface area (Å²) >= 11 is 5.82. The Morgan fingerprint density at radius 2 is 2.10 bits per heavy atom. The predicted octanol–water partition coefficient (Wildman–Crippen LogP) is 5.05. The van der Waals surface area contributed by atoms with Gasteiger partial charge in [0.15, 0.2) is 11.5 Å². The fourth-order valence-electron chi connectivity index (χ4n) is 4.26. The highest BCUT2D eigenvalue weighted by Crippen LogP contribution is 2.41. The molecule has 2 amide bonds. The number of benzene rings is 1. The predicted molar refractivity (Wildman–Crippen MR) is 114 cm³/mol. The van der Waals surface area contributed by atoms with Crippen molar-refractivity contribution in [2.75, 3.05) is 18.4 Å². The zero-order valence-corrected chi connectivity index (χ0v) is 17.3. The van der Waals surface area contributed by atoms with Crippen LogP contribution in [0.5, 0.6) is 0 Å². The summed E-state index contributed by atoms with van der Waals surface area (Å²) in [5.74, 6) is 1.33. The molecule has 8 heteroatoms. The number of halogens is 2. The van der Waals surface area contributed by atoms with E-state index >= 15 is 0 Å². The summed E-state index contributed by atoms with van der Waals surface area (Å²) in [6, 6.07) is 8.23. The standard InChI is InChI=1S/C22H23ClFN5O/c23-16-5-1-6-17(19(16)24)27-22(30)28-11-3-4-14(12-28)13-29-20(15-8-9-15)26-18-7-2-10-25-21(18)29/h1-2,5-7,10,14-15H,3-4,8-9,11-13H2,(H,27,30). The first kappa shape index (κ1) is 19.3. The molecule has 1 unspecified atom stereocenters. The van der Waals surface area contributed by atoms with Crippen LogP contribution in [0.1, 0.15) is 37.4 Å². The maximum Gasteiger partial charge on any atom is 0.321 e. The number of amides is 2. The molecule has 3 aromatic rings. The zero-order valence-electron chi connectivity index (χ0n) is 16.5. The van der Waals surface area contributed by atoms with Gasteiger partial charge in [-0.15, -0.1) is 0 Å². The number of nitrogens with zero attached hydrogens (tertiary/aromatic N) is 4. The lowest BCUT2D eigenvalue weighted by Gasteiger charge is -2.33. The van der Waals surface area contributed by atoms with E-state index in [4.69, 9.17) is 16.6 Å². The van der Waals surface area contributed by atoms with Gasteiger partial charge in [-0.05, 0) is 55.9 Å². The maximum absolute atomic E-state index is 14.1. The minimum Gasteiger partial charge on any atom is -0.324 e. The molecule has 0 spiro atoms. The molecular weight excluding hydrogens is 405 g/mol. The molecule has 3 heterocycles. The number of hydrogen-bond acceptors (Lipinski definition) is 3. The molecule has 1 saturated heterocycles. The molecule has 1 aliphatic heterocycles. The van der Waals surface area contributed by atoms with Gasteiger partial charge in [-0.3, -0.25) is 0 Å². The number of carbonyl (C=O) groups excluding carboxylic acids is 1. The van der Waals surface area contributed by atoms with E-state index in [-0.39, 0.29) is 16.7 Å². The van der Waals surface area contributed by atoms with Crippen LogP contribution < -0.4 is 5.32 Å². The van der Waals surface area contributed by atoms with E-state index < -0.39 is 5.82 Å². The molecule has 156 valence electrons. The number of anilines is 1. The molecule has 0 bridgehead atoms. The molecule has 1 saturated carbocycles. The van der Waals surface area contributed by atoms with Crippen LogP contribution in [0.15, 0.2) is 36.5 Å². The molecule has 5 rings (SSSR count). The Bertz CT molecular complexity index is 1100. The number of pyridine rings is 1. The molecule has 6 nitrogen and oxygen atoms in total. The number of aromatic nitrogens is 3. The Balaban J connectivity index is 1.32. The van der Waals surface area contributed by atoms with Crippen molar-refractivity contribution in [3.05, 3.63) is 53.2 Å². The Hall–Kier alpha value is -2.67. The molecule has 1 aliphatic carbocycles. The highest BCUT2D eigenvalue weighted by atomic mass is 35.5. The summed E-state index contributed by atoms with van der Waals surface area (Å²) in [4.78, 5) is 23.9. The fraction of sp³-hybridized carbons (Fsp3) is 0.409. The Kier molecular flexibility index (Phi) is 5.06. The van der Waals surface area contributed by atoms with Crippen LogP contribution in [0, 0.1) is 11.7 Å². The number of likely N-dealkylation sites (tertiary alicyclic amines) is 1. The highest BCUT2D eigenvalue weighted by Gasteiger charge is 2.32. The summed E-state index contributed by atoms with van der Waals surface area (Å²) in [5, 5.41) is 2.66. The van der Waals surface area contributed by atoms with Crippen LogP contribution in [0.2, 0.25) is 5.02 Å². The number of rotatable bonds is 4. The number of urea groups is 1. The van der Waals surface area contributed by atoms with Crippen molar-refractivity contribution in [1.82, 2.24) is 19.4 Å². The summed E-state index contributed by atoms with van der Waals surface area (Å²) in [6.45, 7) is 2.06. The molecule has 2 aliphatic rings. The lowest BCUT2D eigenvalue weighted by Crippen LogP contribution is -2.43. The van der Waals surface area contributed by atoms with Gasteiger partial charge in [0.2, 0.25) is 0 Å². The van der Waals surface area contributed by atoms with Crippen LogP contribution >= 0.6 is 11.6 Å². The van der Waals surface area contributed by atoms with Crippen molar-refractivity contribution in [1.29, 1.82) is 0 Å². The summed E-state index contributed by atoms with van der Waals surface area (Å²) in [6.07, 6.45) is 6.10. The Morgan fingerprint density at radius 3 is 2.93 bits per heavy atom. The minimum atomic E-state index is -0.605. The third-order valence-electron chi connectivity index (χ3n) is 5.92. The first-order chi connectivity index (χ1) is 14.6. The van der Waals surface area contributed by atoms with Gasteiger partial charge in [-0.25, -0.2) is 19.2 Å². The second-order valence-electron chi connectivity index (χ2n) is 8.19. The lowest BCUT2D eigenvalue weighted by atomic mass is 9.98.